The molecule has 0 spiro atoms. The average molecular weight is 386 g/mol. The van der Waals surface area contributed by atoms with E-state index in [4.69, 9.17) is 9.72 Å². The summed E-state index contributed by atoms with van der Waals surface area (Å²) in [4.78, 5) is 4.98. The van der Waals surface area contributed by atoms with Crippen LogP contribution in [-0.2, 0) is 5.41 Å². The van der Waals surface area contributed by atoms with Crippen LogP contribution >= 0.6 is 0 Å². The van der Waals surface area contributed by atoms with Crippen molar-refractivity contribution in [1.82, 2.24) is 14.6 Å². The lowest BCUT2D eigenvalue weighted by Gasteiger charge is -2.20. The summed E-state index contributed by atoms with van der Waals surface area (Å²) in [6.45, 7) is 8.60. The second-order valence-electron chi connectivity index (χ2n) is 8.29. The molecule has 1 N–H and O–H groups in total. The fourth-order valence-corrected chi connectivity index (χ4v) is 3.20. The topological polar surface area (TPSA) is 51.5 Å². The molecule has 2 aromatic heterocycles. The quantitative estimate of drug-likeness (QED) is 0.485. The van der Waals surface area contributed by atoms with Gasteiger partial charge in [-0.25, -0.2) is 4.98 Å². The van der Waals surface area contributed by atoms with Crippen molar-refractivity contribution in [3.63, 3.8) is 0 Å². The monoisotopic (exact) mass is 386 g/mol. The van der Waals surface area contributed by atoms with Gasteiger partial charge in [0.1, 0.15) is 11.6 Å². The summed E-state index contributed by atoms with van der Waals surface area (Å²) in [5.74, 6) is 1.70. The van der Waals surface area contributed by atoms with Gasteiger partial charge in [-0.2, -0.15) is 9.61 Å². The van der Waals surface area contributed by atoms with E-state index in [1.807, 2.05) is 35.0 Å². The maximum Gasteiger partial charge on any atom is 0.165 e. The first kappa shape index (κ1) is 19.0. The lowest BCUT2D eigenvalue weighted by atomic mass is 9.92. The third-order valence-electron chi connectivity index (χ3n) is 4.97. The van der Waals surface area contributed by atoms with E-state index in [0.29, 0.717) is 0 Å². The molecule has 0 amide bonds. The number of ether oxygens (including phenoxy) is 1. The minimum absolute atomic E-state index is 0.0904. The lowest BCUT2D eigenvalue weighted by molar-refractivity contribution is 0.415. The molecule has 2 heterocycles. The van der Waals surface area contributed by atoms with Gasteiger partial charge in [0.05, 0.1) is 19.0 Å². The molecule has 0 atom stereocenters. The Morgan fingerprint density at radius 1 is 0.966 bits per heavy atom. The lowest BCUT2D eigenvalue weighted by Crippen LogP contribution is -2.16. The largest absolute Gasteiger partial charge is 0.497 e. The molecule has 4 rings (SSSR count). The first-order chi connectivity index (χ1) is 13.8. The van der Waals surface area contributed by atoms with Gasteiger partial charge in [0.25, 0.3) is 0 Å². The highest BCUT2D eigenvalue weighted by molar-refractivity contribution is 5.79. The van der Waals surface area contributed by atoms with Crippen molar-refractivity contribution >= 4 is 17.2 Å². The van der Waals surface area contributed by atoms with Crippen molar-refractivity contribution < 1.29 is 4.74 Å². The van der Waals surface area contributed by atoms with Gasteiger partial charge in [0.2, 0.25) is 0 Å². The molecule has 0 aliphatic rings. The molecule has 2 aromatic carbocycles. The van der Waals surface area contributed by atoms with Crippen LogP contribution in [0.3, 0.4) is 0 Å². The standard InChI is InChI=1S/C24H26N4O/c1-16-6-8-17(9-7-16)20-15-25-28-22(14-21(24(2,3)4)27-23(20)28)26-18-10-12-19(29-5)13-11-18/h6-15,26H,1-5H3. The van der Waals surface area contributed by atoms with Crippen molar-refractivity contribution in [2.45, 2.75) is 33.1 Å². The van der Waals surface area contributed by atoms with Crippen LogP contribution in [0.5, 0.6) is 5.75 Å². The van der Waals surface area contributed by atoms with Gasteiger partial charge in [-0.3, -0.25) is 0 Å². The predicted octanol–water partition coefficient (Wildman–Crippen LogP) is 5.75. The normalized spacial score (nSPS) is 11.6. The zero-order chi connectivity index (χ0) is 20.6. The maximum absolute atomic E-state index is 5.26. The van der Waals surface area contributed by atoms with E-state index in [-0.39, 0.29) is 5.41 Å². The Hall–Kier alpha value is -3.34. The van der Waals surface area contributed by atoms with Crippen molar-refractivity contribution in [3.05, 3.63) is 72.1 Å². The second kappa shape index (κ2) is 7.24. The van der Waals surface area contributed by atoms with E-state index in [0.717, 1.165) is 39.7 Å². The molecule has 0 bridgehead atoms. The molecule has 0 saturated heterocycles. The van der Waals surface area contributed by atoms with Gasteiger partial charge < -0.3 is 10.1 Å². The molecule has 0 unspecified atom stereocenters. The Morgan fingerprint density at radius 2 is 1.66 bits per heavy atom. The van der Waals surface area contributed by atoms with Crippen LogP contribution in [0, 0.1) is 6.92 Å². The number of aromatic nitrogens is 3. The molecule has 5 nitrogen and oxygen atoms in total. The highest BCUT2D eigenvalue weighted by Crippen LogP contribution is 2.31. The molecule has 0 radical (unpaired) electrons. The maximum atomic E-state index is 5.26. The van der Waals surface area contributed by atoms with E-state index in [1.165, 1.54) is 5.56 Å². The van der Waals surface area contributed by atoms with Crippen LogP contribution in [0.15, 0.2) is 60.8 Å². The van der Waals surface area contributed by atoms with Crippen LogP contribution in [0.2, 0.25) is 0 Å². The molecule has 0 aliphatic carbocycles. The summed E-state index contributed by atoms with van der Waals surface area (Å²) >= 11 is 0. The van der Waals surface area contributed by atoms with Crippen LogP contribution in [0.25, 0.3) is 16.8 Å². The number of anilines is 2. The van der Waals surface area contributed by atoms with E-state index in [2.05, 4.69) is 68.4 Å². The van der Waals surface area contributed by atoms with Crippen molar-refractivity contribution in [1.29, 1.82) is 0 Å². The third-order valence-corrected chi connectivity index (χ3v) is 4.97. The highest BCUT2D eigenvalue weighted by Gasteiger charge is 2.20. The van der Waals surface area contributed by atoms with E-state index in [9.17, 15) is 0 Å². The van der Waals surface area contributed by atoms with Gasteiger partial charge in [-0.05, 0) is 36.8 Å². The molecule has 0 aliphatic heterocycles. The summed E-state index contributed by atoms with van der Waals surface area (Å²) in [6.07, 6.45) is 1.89. The smallest absolute Gasteiger partial charge is 0.165 e. The average Bonchev–Trinajstić information content (AvgIpc) is 3.13. The minimum atomic E-state index is -0.0904. The number of nitrogens with zero attached hydrogens (tertiary/aromatic N) is 3. The molecule has 29 heavy (non-hydrogen) atoms. The van der Waals surface area contributed by atoms with Crippen molar-refractivity contribution in [2.75, 3.05) is 12.4 Å². The van der Waals surface area contributed by atoms with E-state index in [1.54, 1.807) is 7.11 Å². The Kier molecular flexibility index (Phi) is 4.74. The molecule has 5 heteroatoms. The number of methoxy groups -OCH3 is 1. The molecular weight excluding hydrogens is 360 g/mol. The summed E-state index contributed by atoms with van der Waals surface area (Å²) in [5.41, 5.74) is 6.09. The highest BCUT2D eigenvalue weighted by atomic mass is 16.5. The van der Waals surface area contributed by atoms with Crippen molar-refractivity contribution in [2.24, 2.45) is 0 Å². The third kappa shape index (κ3) is 3.81. The Bertz CT molecular complexity index is 1140. The van der Waals surface area contributed by atoms with Crippen LogP contribution < -0.4 is 10.1 Å². The van der Waals surface area contributed by atoms with Gasteiger partial charge >= 0.3 is 0 Å². The Morgan fingerprint density at radius 3 is 2.28 bits per heavy atom. The van der Waals surface area contributed by atoms with E-state index < -0.39 is 0 Å². The minimum Gasteiger partial charge on any atom is -0.497 e. The SMILES string of the molecule is COc1ccc(Nc2cc(C(C)(C)C)nc3c(-c4ccc(C)cc4)cnn23)cc1. The molecule has 0 fully saturated rings. The zero-order valence-electron chi connectivity index (χ0n) is 17.5. The predicted molar refractivity (Wildman–Crippen MR) is 118 cm³/mol. The molecule has 0 saturated carbocycles. The number of benzene rings is 2. The number of aryl methyl sites for hydroxylation is 1. The Balaban J connectivity index is 1.85. The van der Waals surface area contributed by atoms with Crippen LogP contribution in [0.4, 0.5) is 11.5 Å². The second-order valence-corrected chi connectivity index (χ2v) is 8.29. The molecule has 148 valence electrons. The molecule has 4 aromatic rings. The number of fused-ring (bicyclic) bond motifs is 1. The first-order valence-corrected chi connectivity index (χ1v) is 9.72. The number of nitrogens with one attached hydrogen (secondary N) is 1. The molecular formula is C24H26N4O. The number of rotatable bonds is 4. The summed E-state index contributed by atoms with van der Waals surface area (Å²) < 4.78 is 7.13. The van der Waals surface area contributed by atoms with Crippen LogP contribution in [0.1, 0.15) is 32.0 Å². The van der Waals surface area contributed by atoms with Gasteiger partial charge in [0, 0.05) is 22.7 Å². The number of hydrogen-bond acceptors (Lipinski definition) is 4. The van der Waals surface area contributed by atoms with Crippen LogP contribution in [-0.4, -0.2) is 21.7 Å². The van der Waals surface area contributed by atoms with Gasteiger partial charge in [-0.1, -0.05) is 50.6 Å². The summed E-state index contributed by atoms with van der Waals surface area (Å²) in [6, 6.07) is 18.4. The number of hydrogen-bond donors (Lipinski definition) is 1. The fourth-order valence-electron chi connectivity index (χ4n) is 3.20. The van der Waals surface area contributed by atoms with Crippen molar-refractivity contribution in [3.8, 4) is 16.9 Å². The Labute approximate surface area is 171 Å². The first-order valence-electron chi connectivity index (χ1n) is 9.72. The van der Waals surface area contributed by atoms with E-state index >= 15 is 0 Å². The zero-order valence-corrected chi connectivity index (χ0v) is 17.5. The van der Waals surface area contributed by atoms with Gasteiger partial charge in [0.15, 0.2) is 5.65 Å². The summed E-state index contributed by atoms with van der Waals surface area (Å²) in [5, 5.41) is 8.13. The fraction of sp³-hybridized carbons (Fsp3) is 0.250. The summed E-state index contributed by atoms with van der Waals surface area (Å²) in [7, 11) is 1.67. The van der Waals surface area contributed by atoms with Gasteiger partial charge in [-0.15, -0.1) is 0 Å².